The van der Waals surface area contributed by atoms with Gasteiger partial charge in [-0.25, -0.2) is 0 Å². The largest absolute Gasteiger partial charge is 0.501 e. The van der Waals surface area contributed by atoms with E-state index in [1.165, 1.54) is 11.1 Å². The molecule has 0 atom stereocenters. The van der Waals surface area contributed by atoms with Gasteiger partial charge in [0.2, 0.25) is 5.75 Å². The first-order valence-corrected chi connectivity index (χ1v) is 11.6. The lowest BCUT2D eigenvalue weighted by Gasteiger charge is -2.36. The topological polar surface area (TPSA) is 75.4 Å². The highest BCUT2D eigenvalue weighted by atomic mass is 16.3. The van der Waals surface area contributed by atoms with Gasteiger partial charge in [0.05, 0.1) is 0 Å². The van der Waals surface area contributed by atoms with Gasteiger partial charge in [-0.05, 0) is 44.2 Å². The molecule has 0 bridgehead atoms. The molecule has 6 heteroatoms. The summed E-state index contributed by atoms with van der Waals surface area (Å²) in [4.78, 5) is 31.6. The second kappa shape index (κ2) is 8.48. The SMILES string of the molecule is CCCc1cccc(C2(Cc3nc(=O)c(O)c4n3CCN(C(C)C)C4=O)CCCC2)c1. The number of nitrogens with zero attached hydrogens (tertiary/aromatic N) is 3. The van der Waals surface area contributed by atoms with E-state index >= 15 is 0 Å². The minimum absolute atomic E-state index is 0.00912. The molecular weight excluding hydrogens is 390 g/mol. The molecular formula is C25H33N3O3. The monoisotopic (exact) mass is 423 g/mol. The van der Waals surface area contributed by atoms with Crippen molar-refractivity contribution in [2.75, 3.05) is 6.54 Å². The van der Waals surface area contributed by atoms with Gasteiger partial charge < -0.3 is 14.6 Å². The highest BCUT2D eigenvalue weighted by Crippen LogP contribution is 2.44. The summed E-state index contributed by atoms with van der Waals surface area (Å²) in [5.74, 6) is -0.188. The number of aryl methyl sites for hydroxylation is 1. The van der Waals surface area contributed by atoms with E-state index in [9.17, 15) is 14.7 Å². The fourth-order valence-electron chi connectivity index (χ4n) is 5.39. The van der Waals surface area contributed by atoms with E-state index in [1.54, 1.807) is 9.47 Å². The summed E-state index contributed by atoms with van der Waals surface area (Å²) in [6.45, 7) is 7.18. The average Bonchev–Trinajstić information content (AvgIpc) is 3.21. The lowest BCUT2D eigenvalue weighted by molar-refractivity contribution is 0.0636. The van der Waals surface area contributed by atoms with Gasteiger partial charge in [-0.1, -0.05) is 50.5 Å². The molecule has 1 aromatic carbocycles. The molecule has 0 unspecified atom stereocenters. The molecule has 6 nitrogen and oxygen atoms in total. The van der Waals surface area contributed by atoms with E-state index in [-0.39, 0.29) is 23.1 Å². The second-order valence-electron chi connectivity index (χ2n) is 9.39. The maximum absolute atomic E-state index is 13.1. The smallest absolute Gasteiger partial charge is 0.315 e. The van der Waals surface area contributed by atoms with Crippen LogP contribution in [0.5, 0.6) is 5.75 Å². The molecule has 1 saturated carbocycles. The molecule has 1 aliphatic carbocycles. The van der Waals surface area contributed by atoms with Crippen molar-refractivity contribution in [1.82, 2.24) is 14.5 Å². The lowest BCUT2D eigenvalue weighted by atomic mass is 9.75. The zero-order valence-corrected chi connectivity index (χ0v) is 18.9. The minimum Gasteiger partial charge on any atom is -0.501 e. The maximum Gasteiger partial charge on any atom is 0.315 e. The summed E-state index contributed by atoms with van der Waals surface area (Å²) in [7, 11) is 0. The summed E-state index contributed by atoms with van der Waals surface area (Å²) in [6.07, 6.45) is 7.14. The Morgan fingerprint density at radius 1 is 1.16 bits per heavy atom. The minimum atomic E-state index is -0.701. The van der Waals surface area contributed by atoms with Crippen molar-refractivity contribution in [2.24, 2.45) is 0 Å². The third-order valence-corrected chi connectivity index (χ3v) is 7.03. The number of aromatic nitrogens is 2. The Kier molecular flexibility index (Phi) is 5.91. The number of benzene rings is 1. The summed E-state index contributed by atoms with van der Waals surface area (Å²) < 4.78 is 1.80. The van der Waals surface area contributed by atoms with Crippen LogP contribution in [0.4, 0.5) is 0 Å². The molecule has 0 spiro atoms. The highest BCUT2D eigenvalue weighted by Gasteiger charge is 2.39. The highest BCUT2D eigenvalue weighted by molar-refractivity contribution is 5.95. The van der Waals surface area contributed by atoms with Gasteiger partial charge in [-0.3, -0.25) is 9.59 Å². The number of aromatic hydroxyl groups is 1. The third-order valence-electron chi connectivity index (χ3n) is 7.03. The van der Waals surface area contributed by atoms with Gasteiger partial charge in [0.1, 0.15) is 5.82 Å². The zero-order valence-electron chi connectivity index (χ0n) is 18.9. The van der Waals surface area contributed by atoms with Crippen LogP contribution in [-0.2, 0) is 24.8 Å². The molecule has 31 heavy (non-hydrogen) atoms. The van der Waals surface area contributed by atoms with Crippen molar-refractivity contribution in [3.05, 3.63) is 57.3 Å². The third kappa shape index (κ3) is 3.88. The number of carbonyl (C=O) groups excluding carboxylic acids is 1. The predicted molar refractivity (Wildman–Crippen MR) is 121 cm³/mol. The molecule has 166 valence electrons. The molecule has 1 N–H and O–H groups in total. The van der Waals surface area contributed by atoms with Crippen LogP contribution in [-0.4, -0.2) is 38.1 Å². The first-order valence-electron chi connectivity index (χ1n) is 11.6. The number of amides is 1. The Labute approximate surface area is 183 Å². The van der Waals surface area contributed by atoms with Gasteiger partial charge in [0.25, 0.3) is 5.91 Å². The van der Waals surface area contributed by atoms with Crippen LogP contribution in [0, 0.1) is 0 Å². The molecule has 1 fully saturated rings. The van der Waals surface area contributed by atoms with Crippen molar-refractivity contribution >= 4 is 5.91 Å². The van der Waals surface area contributed by atoms with Crippen LogP contribution >= 0.6 is 0 Å². The van der Waals surface area contributed by atoms with Crippen LogP contribution in [0.3, 0.4) is 0 Å². The van der Waals surface area contributed by atoms with Crippen LogP contribution < -0.4 is 5.56 Å². The van der Waals surface area contributed by atoms with E-state index < -0.39 is 11.3 Å². The standard InChI is InChI=1S/C25H33N3O3/c1-4-8-18-9-7-10-19(15-18)25(11-5-6-12-25)16-20-26-23(30)22(29)21-24(31)27(17(2)3)13-14-28(20)21/h7,9-10,15,17,29H,4-6,8,11-14,16H2,1-3H3. The van der Waals surface area contributed by atoms with Gasteiger partial charge in [0, 0.05) is 31.0 Å². The van der Waals surface area contributed by atoms with E-state index in [4.69, 9.17) is 0 Å². The molecule has 0 saturated heterocycles. The second-order valence-corrected chi connectivity index (χ2v) is 9.39. The van der Waals surface area contributed by atoms with E-state index in [0.717, 1.165) is 38.5 Å². The van der Waals surface area contributed by atoms with Gasteiger partial charge >= 0.3 is 5.56 Å². The van der Waals surface area contributed by atoms with E-state index in [0.29, 0.717) is 25.3 Å². The Hall–Kier alpha value is -2.63. The fourth-order valence-corrected chi connectivity index (χ4v) is 5.39. The zero-order chi connectivity index (χ0) is 22.2. The number of hydrogen-bond donors (Lipinski definition) is 1. The first-order chi connectivity index (χ1) is 14.9. The lowest BCUT2D eigenvalue weighted by Crippen LogP contribution is -2.46. The van der Waals surface area contributed by atoms with Crippen LogP contribution in [0.2, 0.25) is 0 Å². The summed E-state index contributed by atoms with van der Waals surface area (Å²) in [6, 6.07) is 8.84. The molecule has 2 aromatic rings. The first kappa shape index (κ1) is 21.6. The maximum atomic E-state index is 13.1. The predicted octanol–water partition coefficient (Wildman–Crippen LogP) is 3.82. The quantitative estimate of drug-likeness (QED) is 0.766. The molecule has 0 radical (unpaired) electrons. The van der Waals surface area contributed by atoms with Crippen LogP contribution in [0.1, 0.15) is 80.3 Å². The molecule has 2 aliphatic rings. The Bertz CT molecular complexity index is 1030. The van der Waals surface area contributed by atoms with Crippen molar-refractivity contribution in [1.29, 1.82) is 0 Å². The van der Waals surface area contributed by atoms with E-state index in [1.807, 2.05) is 13.8 Å². The fraction of sp³-hybridized carbons (Fsp3) is 0.560. The van der Waals surface area contributed by atoms with Gasteiger partial charge in [0.15, 0.2) is 5.69 Å². The van der Waals surface area contributed by atoms with Gasteiger partial charge in [-0.2, -0.15) is 4.98 Å². The number of fused-ring (bicyclic) bond motifs is 1. The number of hydrogen-bond acceptors (Lipinski definition) is 4. The van der Waals surface area contributed by atoms with Crippen LogP contribution in [0.25, 0.3) is 0 Å². The number of rotatable bonds is 6. The Balaban J connectivity index is 1.78. The van der Waals surface area contributed by atoms with Gasteiger partial charge in [-0.15, -0.1) is 0 Å². The normalized spacial score (nSPS) is 17.9. The van der Waals surface area contributed by atoms with Crippen molar-refractivity contribution in [3.63, 3.8) is 0 Å². The van der Waals surface area contributed by atoms with Crippen molar-refractivity contribution in [3.8, 4) is 5.75 Å². The van der Waals surface area contributed by atoms with Crippen molar-refractivity contribution < 1.29 is 9.90 Å². The molecule has 4 rings (SSSR count). The van der Waals surface area contributed by atoms with Crippen molar-refractivity contribution in [2.45, 2.75) is 83.7 Å². The summed E-state index contributed by atoms with van der Waals surface area (Å²) >= 11 is 0. The molecule has 1 amide bonds. The average molecular weight is 424 g/mol. The van der Waals surface area contributed by atoms with E-state index in [2.05, 4.69) is 36.2 Å². The molecule has 1 aliphatic heterocycles. The Morgan fingerprint density at radius 2 is 1.90 bits per heavy atom. The summed E-state index contributed by atoms with van der Waals surface area (Å²) in [5.41, 5.74) is 1.96. The van der Waals surface area contributed by atoms with Crippen LogP contribution in [0.15, 0.2) is 29.1 Å². The molecule has 1 aromatic heterocycles. The number of carbonyl (C=O) groups is 1. The summed E-state index contributed by atoms with van der Waals surface area (Å²) in [5, 5.41) is 10.4. The molecule has 2 heterocycles. The Morgan fingerprint density at radius 3 is 2.58 bits per heavy atom.